The van der Waals surface area contributed by atoms with Gasteiger partial charge in [0.05, 0.1) is 0 Å². The van der Waals surface area contributed by atoms with Gasteiger partial charge in [-0.15, -0.1) is 0 Å². The fourth-order valence-electron chi connectivity index (χ4n) is 1.84. The highest BCUT2D eigenvalue weighted by atomic mass is 16.5. The highest BCUT2D eigenvalue weighted by Gasteiger charge is 2.13. The molecule has 0 bridgehead atoms. The van der Waals surface area contributed by atoms with Crippen molar-refractivity contribution in [1.29, 1.82) is 0 Å². The third-order valence-corrected chi connectivity index (χ3v) is 3.70. The van der Waals surface area contributed by atoms with Crippen molar-refractivity contribution in [3.63, 3.8) is 0 Å². The number of nitrogens with zero attached hydrogens (tertiary/aromatic N) is 1. The monoisotopic (exact) mass is 335 g/mol. The van der Waals surface area contributed by atoms with Crippen LogP contribution in [0.4, 0.5) is 10.5 Å². The van der Waals surface area contributed by atoms with Crippen LogP contribution in [0.1, 0.15) is 34.6 Å². The zero-order valence-corrected chi connectivity index (χ0v) is 15.4. The molecule has 3 amide bonds. The summed E-state index contributed by atoms with van der Waals surface area (Å²) in [7, 11) is 1.70. The highest BCUT2D eigenvalue weighted by molar-refractivity contribution is 5.91. The molecular formula is C18H29N3O3. The third kappa shape index (κ3) is 6.48. The van der Waals surface area contributed by atoms with Gasteiger partial charge in [-0.1, -0.05) is 13.8 Å². The fraction of sp³-hybridized carbons (Fsp3) is 0.556. The van der Waals surface area contributed by atoms with E-state index in [0.717, 1.165) is 5.69 Å². The van der Waals surface area contributed by atoms with Gasteiger partial charge >= 0.3 is 6.03 Å². The molecule has 0 saturated carbocycles. The first kappa shape index (κ1) is 19.8. The average molecular weight is 335 g/mol. The number of nitrogens with one attached hydrogen (secondary N) is 2. The zero-order valence-electron chi connectivity index (χ0n) is 15.4. The van der Waals surface area contributed by atoms with E-state index in [1.54, 1.807) is 31.3 Å². The van der Waals surface area contributed by atoms with Gasteiger partial charge in [0, 0.05) is 24.8 Å². The molecule has 134 valence electrons. The Hall–Kier alpha value is -2.24. The minimum Gasteiger partial charge on any atom is -0.484 e. The summed E-state index contributed by atoms with van der Waals surface area (Å²) in [6, 6.07) is 7.07. The van der Waals surface area contributed by atoms with E-state index in [9.17, 15) is 9.59 Å². The summed E-state index contributed by atoms with van der Waals surface area (Å²) in [4.78, 5) is 25.3. The Morgan fingerprint density at radius 3 is 2.12 bits per heavy atom. The number of carbonyl (C=O) groups is 2. The molecule has 0 aliphatic rings. The van der Waals surface area contributed by atoms with E-state index in [2.05, 4.69) is 24.5 Å². The molecule has 0 spiro atoms. The summed E-state index contributed by atoms with van der Waals surface area (Å²) in [5, 5.41) is 5.71. The van der Waals surface area contributed by atoms with Gasteiger partial charge in [-0.3, -0.25) is 9.69 Å². The Balaban J connectivity index is 2.53. The number of carbonyl (C=O) groups excluding carboxylic acids is 2. The molecule has 1 aromatic rings. The van der Waals surface area contributed by atoms with Gasteiger partial charge in [-0.25, -0.2) is 4.79 Å². The smallest absolute Gasteiger partial charge is 0.321 e. The molecule has 0 radical (unpaired) electrons. The first-order chi connectivity index (χ1) is 11.2. The summed E-state index contributed by atoms with van der Waals surface area (Å²) < 4.78 is 5.48. The summed E-state index contributed by atoms with van der Waals surface area (Å²) in [6.45, 7) is 9.87. The maximum atomic E-state index is 11.9. The second-order valence-corrected chi connectivity index (χ2v) is 6.55. The van der Waals surface area contributed by atoms with Gasteiger partial charge in [0.1, 0.15) is 5.75 Å². The number of benzene rings is 1. The molecule has 1 atom stereocenters. The predicted molar refractivity (Wildman–Crippen MR) is 96.5 cm³/mol. The molecule has 2 N–H and O–H groups in total. The van der Waals surface area contributed by atoms with Crippen LogP contribution in [0.2, 0.25) is 0 Å². The largest absolute Gasteiger partial charge is 0.484 e. The molecule has 6 heteroatoms. The lowest BCUT2D eigenvalue weighted by molar-refractivity contribution is -0.124. The maximum absolute atomic E-state index is 11.9. The van der Waals surface area contributed by atoms with Crippen molar-refractivity contribution in [3.8, 4) is 5.75 Å². The summed E-state index contributed by atoms with van der Waals surface area (Å²) in [5.74, 6) is 0.818. The zero-order chi connectivity index (χ0) is 18.3. The second-order valence-electron chi connectivity index (χ2n) is 6.55. The van der Waals surface area contributed by atoms with Gasteiger partial charge in [-0.05, 0) is 51.0 Å². The number of urea groups is 1. The Bertz CT molecular complexity index is 541. The van der Waals surface area contributed by atoms with Gasteiger partial charge in [0.25, 0.3) is 5.91 Å². The molecule has 1 aromatic carbocycles. The van der Waals surface area contributed by atoms with Gasteiger partial charge in [0.2, 0.25) is 0 Å². The standard InChI is InChI=1S/C18H29N3O3/c1-12(2)14(5)20-17(22)11-24-16-9-7-15(8-10-16)21(6)18(23)19-13(3)4/h7-10,12-14H,11H2,1-6H3,(H,19,23)(H,20,22)/t14-/m0/s1. The molecule has 0 saturated heterocycles. The molecule has 0 unspecified atom stereocenters. The Kier molecular flexibility index (Phi) is 7.55. The van der Waals surface area contributed by atoms with Gasteiger partial charge in [0.15, 0.2) is 6.61 Å². The van der Waals surface area contributed by atoms with E-state index in [4.69, 9.17) is 4.74 Å². The van der Waals surface area contributed by atoms with E-state index in [-0.39, 0.29) is 30.6 Å². The van der Waals surface area contributed by atoms with Crippen LogP contribution in [0.5, 0.6) is 5.75 Å². The lowest BCUT2D eigenvalue weighted by atomic mass is 10.1. The van der Waals surface area contributed by atoms with Crippen molar-refractivity contribution in [3.05, 3.63) is 24.3 Å². The second kappa shape index (κ2) is 9.15. The lowest BCUT2D eigenvalue weighted by Crippen LogP contribution is -2.40. The van der Waals surface area contributed by atoms with Crippen LogP contribution in [-0.2, 0) is 4.79 Å². The number of rotatable bonds is 7. The SMILES string of the molecule is CC(C)NC(=O)N(C)c1ccc(OCC(=O)N[C@@H](C)C(C)C)cc1. The number of amides is 3. The van der Waals surface area contributed by atoms with E-state index >= 15 is 0 Å². The summed E-state index contributed by atoms with van der Waals surface area (Å²) in [6.07, 6.45) is 0. The van der Waals surface area contributed by atoms with E-state index < -0.39 is 0 Å². The van der Waals surface area contributed by atoms with Crippen molar-refractivity contribution in [2.24, 2.45) is 5.92 Å². The van der Waals surface area contributed by atoms with Crippen LogP contribution >= 0.6 is 0 Å². The molecule has 0 fully saturated rings. The number of anilines is 1. The molecule has 24 heavy (non-hydrogen) atoms. The van der Waals surface area contributed by atoms with Gasteiger partial charge in [-0.2, -0.15) is 0 Å². The van der Waals surface area contributed by atoms with Crippen molar-refractivity contribution in [2.75, 3.05) is 18.6 Å². The van der Waals surface area contributed by atoms with E-state index in [0.29, 0.717) is 11.7 Å². The van der Waals surface area contributed by atoms with Crippen LogP contribution in [0.25, 0.3) is 0 Å². The molecule has 0 heterocycles. The fourth-order valence-corrected chi connectivity index (χ4v) is 1.84. The molecular weight excluding hydrogens is 306 g/mol. The average Bonchev–Trinajstić information content (AvgIpc) is 2.51. The van der Waals surface area contributed by atoms with Crippen molar-refractivity contribution in [2.45, 2.75) is 46.7 Å². The third-order valence-electron chi connectivity index (χ3n) is 3.70. The maximum Gasteiger partial charge on any atom is 0.321 e. The topological polar surface area (TPSA) is 70.7 Å². The normalized spacial score (nSPS) is 12.0. The minimum atomic E-state index is -0.166. The van der Waals surface area contributed by atoms with E-state index in [1.807, 2.05) is 20.8 Å². The van der Waals surface area contributed by atoms with Crippen LogP contribution in [0.15, 0.2) is 24.3 Å². The summed E-state index contributed by atoms with van der Waals surface area (Å²) >= 11 is 0. The van der Waals surface area contributed by atoms with Crippen molar-refractivity contribution in [1.82, 2.24) is 10.6 Å². The Labute approximate surface area is 144 Å². The molecule has 1 rings (SSSR count). The molecule has 0 aliphatic carbocycles. The predicted octanol–water partition coefficient (Wildman–Crippen LogP) is 2.78. The summed E-state index contributed by atoms with van der Waals surface area (Å²) in [5.41, 5.74) is 0.749. The van der Waals surface area contributed by atoms with E-state index in [1.165, 1.54) is 4.90 Å². The number of hydrogen-bond donors (Lipinski definition) is 2. The first-order valence-corrected chi connectivity index (χ1v) is 8.27. The van der Waals surface area contributed by atoms with Crippen molar-refractivity contribution >= 4 is 17.6 Å². The minimum absolute atomic E-state index is 0.0277. The molecule has 6 nitrogen and oxygen atoms in total. The molecule has 0 aliphatic heterocycles. The van der Waals surface area contributed by atoms with Gasteiger partial charge < -0.3 is 15.4 Å². The first-order valence-electron chi connectivity index (χ1n) is 8.27. The van der Waals surface area contributed by atoms with Crippen LogP contribution in [0.3, 0.4) is 0 Å². The highest BCUT2D eigenvalue weighted by Crippen LogP contribution is 2.18. The van der Waals surface area contributed by atoms with Crippen LogP contribution in [0, 0.1) is 5.92 Å². The Morgan fingerprint density at radius 1 is 1.04 bits per heavy atom. The molecule has 0 aromatic heterocycles. The quantitative estimate of drug-likeness (QED) is 0.805. The lowest BCUT2D eigenvalue weighted by Gasteiger charge is -2.20. The van der Waals surface area contributed by atoms with Crippen LogP contribution < -0.4 is 20.3 Å². The number of hydrogen-bond acceptors (Lipinski definition) is 3. The number of ether oxygens (including phenoxy) is 1. The van der Waals surface area contributed by atoms with Crippen molar-refractivity contribution < 1.29 is 14.3 Å². The Morgan fingerprint density at radius 2 is 1.62 bits per heavy atom. The van der Waals surface area contributed by atoms with Crippen LogP contribution in [-0.4, -0.2) is 37.7 Å².